The Morgan fingerprint density at radius 1 is 1.56 bits per heavy atom. The zero-order valence-electron chi connectivity index (χ0n) is 9.35. The number of carboxylic acids is 1. The van der Waals surface area contributed by atoms with Crippen LogP contribution in [0.25, 0.3) is 0 Å². The number of hydrogen-bond donors (Lipinski definition) is 3. The molecule has 0 bridgehead atoms. The lowest BCUT2D eigenvalue weighted by atomic mass is 10.2. The minimum absolute atomic E-state index is 0.147. The van der Waals surface area contributed by atoms with Crippen LogP contribution in [-0.2, 0) is 4.79 Å². The third-order valence-electron chi connectivity index (χ3n) is 2.01. The number of aliphatic hydroxyl groups excluding tert-OH is 1. The van der Waals surface area contributed by atoms with Crippen LogP contribution in [-0.4, -0.2) is 52.9 Å². The van der Waals surface area contributed by atoms with Crippen molar-refractivity contribution in [2.75, 3.05) is 19.7 Å². The molecule has 1 atom stereocenters. The molecule has 0 aliphatic heterocycles. The number of carbonyl (C=O) groups is 2. The first-order valence-electron chi connectivity index (χ1n) is 5.06. The number of hydrogen-bond acceptors (Lipinski definition) is 3. The number of nitrogens with zero attached hydrogens (tertiary/aromatic N) is 1. The summed E-state index contributed by atoms with van der Waals surface area (Å²) in [6.45, 7) is 5.39. The third kappa shape index (κ3) is 4.79. The van der Waals surface area contributed by atoms with Crippen LogP contribution in [0.4, 0.5) is 4.79 Å². The Morgan fingerprint density at radius 3 is 2.56 bits per heavy atom. The molecule has 3 N–H and O–H groups in total. The lowest BCUT2D eigenvalue weighted by Crippen LogP contribution is -2.48. The molecule has 0 heterocycles. The molecule has 0 aliphatic carbocycles. The summed E-state index contributed by atoms with van der Waals surface area (Å²) in [4.78, 5) is 23.6. The van der Waals surface area contributed by atoms with Crippen molar-refractivity contribution < 1.29 is 19.8 Å². The van der Waals surface area contributed by atoms with Gasteiger partial charge in [0.15, 0.2) is 0 Å². The molecular weight excluding hydrogens is 212 g/mol. The van der Waals surface area contributed by atoms with E-state index in [0.717, 1.165) is 0 Å². The fourth-order valence-electron chi connectivity index (χ4n) is 1.13. The van der Waals surface area contributed by atoms with Crippen LogP contribution < -0.4 is 5.32 Å². The van der Waals surface area contributed by atoms with Gasteiger partial charge in [-0.2, -0.15) is 0 Å². The van der Waals surface area contributed by atoms with Crippen molar-refractivity contribution in [2.45, 2.75) is 19.4 Å². The number of nitrogens with one attached hydrogen (secondary N) is 1. The molecule has 0 aromatic rings. The second-order valence-electron chi connectivity index (χ2n) is 3.21. The normalized spacial score (nSPS) is 11.6. The van der Waals surface area contributed by atoms with E-state index < -0.39 is 18.0 Å². The van der Waals surface area contributed by atoms with Gasteiger partial charge in [0, 0.05) is 13.1 Å². The van der Waals surface area contributed by atoms with Gasteiger partial charge in [0.05, 0.1) is 6.61 Å². The summed E-state index contributed by atoms with van der Waals surface area (Å²) < 4.78 is 0. The summed E-state index contributed by atoms with van der Waals surface area (Å²) >= 11 is 0. The highest BCUT2D eigenvalue weighted by Gasteiger charge is 2.20. The summed E-state index contributed by atoms with van der Waals surface area (Å²) in [6, 6.07) is -1.42. The summed E-state index contributed by atoms with van der Waals surface area (Å²) in [7, 11) is 0. The molecule has 16 heavy (non-hydrogen) atoms. The van der Waals surface area contributed by atoms with Crippen LogP contribution in [0, 0.1) is 0 Å². The maximum absolute atomic E-state index is 11.6. The summed E-state index contributed by atoms with van der Waals surface area (Å²) in [5.41, 5.74) is 0. The van der Waals surface area contributed by atoms with E-state index in [1.165, 1.54) is 11.0 Å². The Bertz CT molecular complexity index is 255. The van der Waals surface area contributed by atoms with E-state index in [2.05, 4.69) is 11.9 Å². The predicted octanol–water partition coefficient (Wildman–Crippen LogP) is 0.0395. The van der Waals surface area contributed by atoms with Gasteiger partial charge >= 0.3 is 12.0 Å². The fourth-order valence-corrected chi connectivity index (χ4v) is 1.13. The summed E-state index contributed by atoms with van der Waals surface area (Å²) in [5, 5.41) is 19.9. The number of rotatable bonds is 7. The van der Waals surface area contributed by atoms with Crippen LogP contribution in [0.1, 0.15) is 13.3 Å². The van der Waals surface area contributed by atoms with Gasteiger partial charge in [-0.15, -0.1) is 6.58 Å². The number of aliphatic carboxylic acids is 1. The molecule has 6 heteroatoms. The topological polar surface area (TPSA) is 89.9 Å². The van der Waals surface area contributed by atoms with E-state index in [9.17, 15) is 9.59 Å². The molecule has 92 valence electrons. The number of amides is 2. The molecule has 0 spiro atoms. The van der Waals surface area contributed by atoms with Gasteiger partial charge in [-0.1, -0.05) is 13.0 Å². The molecule has 0 unspecified atom stereocenters. The molecule has 0 aliphatic rings. The first-order chi connectivity index (χ1) is 7.56. The van der Waals surface area contributed by atoms with Gasteiger partial charge in [0.2, 0.25) is 0 Å². The van der Waals surface area contributed by atoms with E-state index in [0.29, 0.717) is 6.42 Å². The van der Waals surface area contributed by atoms with Gasteiger partial charge in [0.1, 0.15) is 6.04 Å². The molecule has 6 nitrogen and oxygen atoms in total. The fraction of sp³-hybridized carbons (Fsp3) is 0.600. The second-order valence-corrected chi connectivity index (χ2v) is 3.21. The number of urea groups is 1. The van der Waals surface area contributed by atoms with Crippen LogP contribution in [0.5, 0.6) is 0 Å². The first kappa shape index (κ1) is 14.4. The van der Waals surface area contributed by atoms with Gasteiger partial charge in [0.25, 0.3) is 0 Å². The highest BCUT2D eigenvalue weighted by atomic mass is 16.4. The molecule has 0 aromatic heterocycles. The Morgan fingerprint density at radius 2 is 2.19 bits per heavy atom. The van der Waals surface area contributed by atoms with Crippen molar-refractivity contribution in [3.63, 3.8) is 0 Å². The van der Waals surface area contributed by atoms with Gasteiger partial charge in [-0.25, -0.2) is 9.59 Å². The first-order valence-corrected chi connectivity index (χ1v) is 5.06. The van der Waals surface area contributed by atoms with E-state index in [1.807, 2.05) is 0 Å². The zero-order chi connectivity index (χ0) is 12.6. The molecule has 0 aromatic carbocycles. The van der Waals surface area contributed by atoms with Crippen LogP contribution in [0.3, 0.4) is 0 Å². The molecule has 0 saturated carbocycles. The minimum Gasteiger partial charge on any atom is -0.480 e. The van der Waals surface area contributed by atoms with Crippen molar-refractivity contribution in [3.05, 3.63) is 12.7 Å². The minimum atomic E-state index is -1.07. The van der Waals surface area contributed by atoms with Crippen molar-refractivity contribution in [3.8, 4) is 0 Å². The lowest BCUT2D eigenvalue weighted by molar-refractivity contribution is -0.139. The Hall–Kier alpha value is -1.56. The third-order valence-corrected chi connectivity index (χ3v) is 2.01. The Balaban J connectivity index is 4.37. The number of aliphatic hydroxyl groups is 1. The van der Waals surface area contributed by atoms with Crippen molar-refractivity contribution in [1.29, 1.82) is 0 Å². The van der Waals surface area contributed by atoms with Gasteiger partial charge in [-0.3, -0.25) is 0 Å². The highest BCUT2D eigenvalue weighted by molar-refractivity contribution is 5.82. The summed E-state index contributed by atoms with van der Waals surface area (Å²) in [5.74, 6) is -1.07. The predicted molar refractivity (Wildman–Crippen MR) is 59.1 cm³/mol. The average molecular weight is 230 g/mol. The molecule has 0 radical (unpaired) electrons. The lowest BCUT2D eigenvalue weighted by Gasteiger charge is -2.22. The van der Waals surface area contributed by atoms with Crippen molar-refractivity contribution >= 4 is 12.0 Å². The highest BCUT2D eigenvalue weighted by Crippen LogP contribution is 1.95. The average Bonchev–Trinajstić information content (AvgIpc) is 2.24. The van der Waals surface area contributed by atoms with E-state index in [4.69, 9.17) is 10.2 Å². The van der Waals surface area contributed by atoms with E-state index >= 15 is 0 Å². The summed E-state index contributed by atoms with van der Waals surface area (Å²) in [6.07, 6.45) is 1.82. The smallest absolute Gasteiger partial charge is 0.326 e. The molecule has 2 amide bonds. The molecule has 0 saturated heterocycles. The standard InChI is InChI=1S/C10H18N2O4/c1-3-5-12(6-7-13)10(16)11-8(4-2)9(14)15/h3,8,13H,1,4-7H2,2H3,(H,11,16)(H,14,15)/t8-/m1/s1. The van der Waals surface area contributed by atoms with E-state index in [-0.39, 0.29) is 19.7 Å². The Kier molecular flexibility index (Phi) is 6.95. The number of carbonyl (C=O) groups excluding carboxylic acids is 1. The Labute approximate surface area is 94.6 Å². The van der Waals surface area contributed by atoms with Crippen molar-refractivity contribution in [2.24, 2.45) is 0 Å². The molecule has 0 rings (SSSR count). The molecular formula is C10H18N2O4. The van der Waals surface area contributed by atoms with E-state index in [1.54, 1.807) is 6.92 Å². The van der Waals surface area contributed by atoms with Crippen LogP contribution >= 0.6 is 0 Å². The maximum atomic E-state index is 11.6. The maximum Gasteiger partial charge on any atom is 0.326 e. The largest absolute Gasteiger partial charge is 0.480 e. The monoisotopic (exact) mass is 230 g/mol. The van der Waals surface area contributed by atoms with Crippen LogP contribution in [0.15, 0.2) is 12.7 Å². The van der Waals surface area contributed by atoms with Crippen molar-refractivity contribution in [1.82, 2.24) is 10.2 Å². The van der Waals surface area contributed by atoms with Crippen LogP contribution in [0.2, 0.25) is 0 Å². The number of carboxylic acid groups (broad SMARTS) is 1. The van der Waals surface area contributed by atoms with Gasteiger partial charge in [-0.05, 0) is 6.42 Å². The quantitative estimate of drug-likeness (QED) is 0.539. The SMILES string of the molecule is C=CCN(CCO)C(=O)N[C@H](CC)C(=O)O. The zero-order valence-corrected chi connectivity index (χ0v) is 9.35. The van der Waals surface area contributed by atoms with Gasteiger partial charge < -0.3 is 20.4 Å². The molecule has 0 fully saturated rings. The second kappa shape index (κ2) is 7.70.